The lowest BCUT2D eigenvalue weighted by molar-refractivity contribution is -0.467. The zero-order chi connectivity index (χ0) is 18.0. The fraction of sp³-hybridized carbons (Fsp3) is 0.938. The number of carbonyl (C=O) groups excluding carboxylic acids is 1. The van der Waals surface area contributed by atoms with Crippen LogP contribution in [0.4, 0.5) is 0 Å². The van der Waals surface area contributed by atoms with Crippen LogP contribution in [0.5, 0.6) is 0 Å². The second kappa shape index (κ2) is 5.44. The van der Waals surface area contributed by atoms with Gasteiger partial charge in [0.15, 0.2) is 11.6 Å². The summed E-state index contributed by atoms with van der Waals surface area (Å²) in [7, 11) is 2.92. The van der Waals surface area contributed by atoms with Crippen LogP contribution in [0.1, 0.15) is 34.1 Å². The maximum atomic E-state index is 12.6. The fourth-order valence-electron chi connectivity index (χ4n) is 3.54. The highest BCUT2D eigenvalue weighted by atomic mass is 16.8. The van der Waals surface area contributed by atoms with Crippen molar-refractivity contribution in [3.8, 4) is 0 Å². The summed E-state index contributed by atoms with van der Waals surface area (Å²) < 4.78 is 34.4. The van der Waals surface area contributed by atoms with Gasteiger partial charge in [-0.25, -0.2) is 0 Å². The molecule has 3 fully saturated rings. The zero-order valence-corrected chi connectivity index (χ0v) is 15.0. The summed E-state index contributed by atoms with van der Waals surface area (Å²) in [6.45, 7) is 6.78. The lowest BCUT2D eigenvalue weighted by atomic mass is 9.76. The van der Waals surface area contributed by atoms with E-state index < -0.39 is 41.3 Å². The Morgan fingerprint density at radius 2 is 1.62 bits per heavy atom. The minimum Gasteiger partial charge on any atom is -0.384 e. The van der Waals surface area contributed by atoms with Crippen molar-refractivity contribution in [2.45, 2.75) is 75.4 Å². The number of ketones is 1. The first-order chi connectivity index (χ1) is 11.0. The third-order valence-corrected chi connectivity index (χ3v) is 5.32. The number of hydrogen-bond donors (Lipinski definition) is 1. The van der Waals surface area contributed by atoms with E-state index in [0.29, 0.717) is 0 Å². The standard InChI is InChI=1S/C16H26O8/c1-13(2)21-8-16(18)7-9(17)10-11(12(16)24-13)23-15(4,20-6)14(3,19-5)22-10/h10-12,18H,7-8H2,1-6H3/t10-,11+,12+,14+,15+,16-/m0/s1. The van der Waals surface area contributed by atoms with Gasteiger partial charge in [-0.2, -0.15) is 0 Å². The van der Waals surface area contributed by atoms with Crippen LogP contribution in [0.2, 0.25) is 0 Å². The van der Waals surface area contributed by atoms with Gasteiger partial charge in [0.2, 0.25) is 11.6 Å². The van der Waals surface area contributed by atoms with E-state index in [2.05, 4.69) is 0 Å². The van der Waals surface area contributed by atoms with Crippen LogP contribution in [-0.4, -0.2) is 73.0 Å². The smallest absolute Gasteiger partial charge is 0.221 e. The number of carbonyl (C=O) groups is 1. The van der Waals surface area contributed by atoms with Gasteiger partial charge in [-0.1, -0.05) is 0 Å². The molecule has 6 atom stereocenters. The molecule has 1 saturated carbocycles. The van der Waals surface area contributed by atoms with Crippen LogP contribution in [0.25, 0.3) is 0 Å². The van der Waals surface area contributed by atoms with Crippen molar-refractivity contribution < 1.29 is 38.3 Å². The third kappa shape index (κ3) is 2.52. The number of Topliss-reactive ketones (excluding diaryl/α,β-unsaturated/α-hetero) is 1. The summed E-state index contributed by atoms with van der Waals surface area (Å²) in [4.78, 5) is 12.6. The quantitative estimate of drug-likeness (QED) is 0.766. The summed E-state index contributed by atoms with van der Waals surface area (Å²) in [5.74, 6) is -3.76. The van der Waals surface area contributed by atoms with Crippen molar-refractivity contribution >= 4 is 5.78 Å². The molecule has 24 heavy (non-hydrogen) atoms. The minimum atomic E-state index is -1.47. The van der Waals surface area contributed by atoms with Gasteiger partial charge in [0.1, 0.15) is 23.9 Å². The maximum absolute atomic E-state index is 12.6. The summed E-state index contributed by atoms with van der Waals surface area (Å²) in [6, 6.07) is 0. The lowest BCUT2D eigenvalue weighted by Gasteiger charge is -2.58. The van der Waals surface area contributed by atoms with Crippen LogP contribution < -0.4 is 0 Å². The predicted molar refractivity (Wildman–Crippen MR) is 80.1 cm³/mol. The van der Waals surface area contributed by atoms with Crippen LogP contribution in [-0.2, 0) is 33.2 Å². The zero-order valence-electron chi connectivity index (χ0n) is 15.0. The van der Waals surface area contributed by atoms with E-state index in [0.717, 1.165) is 0 Å². The molecule has 0 bridgehead atoms. The van der Waals surface area contributed by atoms with E-state index in [1.807, 2.05) is 0 Å². The lowest BCUT2D eigenvalue weighted by Crippen LogP contribution is -2.76. The van der Waals surface area contributed by atoms with Crippen LogP contribution in [0.3, 0.4) is 0 Å². The number of aliphatic hydroxyl groups is 1. The SMILES string of the molecule is CO[C@]1(C)O[C@H]2[C@H]3OC(C)(C)OC[C@@]3(O)CC(=O)[C@@H]2O[C@@]1(C)OC. The van der Waals surface area contributed by atoms with Crippen LogP contribution in [0, 0.1) is 0 Å². The summed E-state index contributed by atoms with van der Waals surface area (Å²) in [5.41, 5.74) is -1.47. The molecule has 138 valence electrons. The van der Waals surface area contributed by atoms with Crippen molar-refractivity contribution in [2.75, 3.05) is 20.8 Å². The molecule has 0 aromatic carbocycles. The Hall–Kier alpha value is -0.610. The molecule has 3 aliphatic rings. The minimum absolute atomic E-state index is 0.0196. The van der Waals surface area contributed by atoms with Crippen molar-refractivity contribution in [1.82, 2.24) is 0 Å². The Morgan fingerprint density at radius 1 is 1.04 bits per heavy atom. The molecule has 2 heterocycles. The van der Waals surface area contributed by atoms with Gasteiger partial charge in [0, 0.05) is 20.6 Å². The Kier molecular flexibility index (Phi) is 4.12. The molecule has 0 unspecified atom stereocenters. The van der Waals surface area contributed by atoms with E-state index >= 15 is 0 Å². The van der Waals surface area contributed by atoms with Gasteiger partial charge in [-0.05, 0) is 27.7 Å². The molecule has 0 aromatic rings. The highest BCUT2D eigenvalue weighted by molar-refractivity contribution is 5.86. The predicted octanol–water partition coefficient (Wildman–Crippen LogP) is 0.351. The molecule has 0 spiro atoms. The number of fused-ring (bicyclic) bond motifs is 3. The van der Waals surface area contributed by atoms with Gasteiger partial charge in [-0.15, -0.1) is 0 Å². The van der Waals surface area contributed by atoms with Gasteiger partial charge >= 0.3 is 0 Å². The first kappa shape index (κ1) is 18.2. The molecule has 0 radical (unpaired) electrons. The molecule has 3 rings (SSSR count). The molecule has 1 aliphatic carbocycles. The second-order valence-corrected chi connectivity index (χ2v) is 7.39. The van der Waals surface area contributed by atoms with E-state index in [1.54, 1.807) is 27.7 Å². The first-order valence-corrected chi connectivity index (χ1v) is 8.02. The molecule has 0 amide bonds. The Bertz CT molecular complexity index is 536. The molecule has 8 nitrogen and oxygen atoms in total. The number of hydrogen-bond acceptors (Lipinski definition) is 8. The fourth-order valence-corrected chi connectivity index (χ4v) is 3.54. The van der Waals surface area contributed by atoms with Crippen molar-refractivity contribution in [3.63, 3.8) is 0 Å². The van der Waals surface area contributed by atoms with E-state index in [9.17, 15) is 9.90 Å². The number of ether oxygens (including phenoxy) is 6. The Balaban J connectivity index is 1.99. The Morgan fingerprint density at radius 3 is 2.21 bits per heavy atom. The highest BCUT2D eigenvalue weighted by Crippen LogP contribution is 2.47. The molecule has 2 aliphatic heterocycles. The largest absolute Gasteiger partial charge is 0.384 e. The Labute approximate surface area is 141 Å². The van der Waals surface area contributed by atoms with Crippen molar-refractivity contribution in [2.24, 2.45) is 0 Å². The second-order valence-electron chi connectivity index (χ2n) is 7.39. The highest BCUT2D eigenvalue weighted by Gasteiger charge is 2.66. The average Bonchev–Trinajstić information content (AvgIpc) is 2.51. The first-order valence-electron chi connectivity index (χ1n) is 8.02. The molecule has 2 saturated heterocycles. The van der Waals surface area contributed by atoms with E-state index in [-0.39, 0.29) is 18.8 Å². The molecular weight excluding hydrogens is 320 g/mol. The summed E-state index contributed by atoms with van der Waals surface area (Å²) in [5, 5.41) is 10.9. The van der Waals surface area contributed by atoms with Crippen molar-refractivity contribution in [3.05, 3.63) is 0 Å². The topological polar surface area (TPSA) is 92.7 Å². The van der Waals surface area contributed by atoms with Crippen molar-refractivity contribution in [1.29, 1.82) is 0 Å². The van der Waals surface area contributed by atoms with Crippen LogP contribution >= 0.6 is 0 Å². The molecule has 0 aromatic heterocycles. The summed E-state index contributed by atoms with van der Waals surface area (Å²) in [6.07, 6.45) is -2.69. The average molecular weight is 346 g/mol. The molecule has 8 heteroatoms. The van der Waals surface area contributed by atoms with Gasteiger partial charge in [0.05, 0.1) is 6.61 Å². The molecule has 1 N–H and O–H groups in total. The van der Waals surface area contributed by atoms with Gasteiger partial charge in [-0.3, -0.25) is 4.79 Å². The van der Waals surface area contributed by atoms with E-state index in [1.165, 1.54) is 14.2 Å². The van der Waals surface area contributed by atoms with Gasteiger partial charge in [0.25, 0.3) is 0 Å². The normalized spacial score (nSPS) is 51.0. The van der Waals surface area contributed by atoms with Gasteiger partial charge < -0.3 is 33.5 Å². The van der Waals surface area contributed by atoms with E-state index in [4.69, 9.17) is 28.4 Å². The number of rotatable bonds is 2. The van der Waals surface area contributed by atoms with Crippen LogP contribution in [0.15, 0.2) is 0 Å². The number of methoxy groups -OCH3 is 2. The molecular formula is C16H26O8. The summed E-state index contributed by atoms with van der Waals surface area (Å²) >= 11 is 0. The third-order valence-electron chi connectivity index (χ3n) is 5.32. The monoisotopic (exact) mass is 346 g/mol. The maximum Gasteiger partial charge on any atom is 0.221 e.